The molecule has 0 spiro atoms. The van der Waals surface area contributed by atoms with Gasteiger partial charge in [0.1, 0.15) is 16.8 Å². The summed E-state index contributed by atoms with van der Waals surface area (Å²) < 4.78 is 6.32. The van der Waals surface area contributed by atoms with Gasteiger partial charge in [-0.1, -0.05) is 12.1 Å². The molecule has 2 aromatic heterocycles. The maximum absolute atomic E-state index is 13.8. The van der Waals surface area contributed by atoms with Gasteiger partial charge in [0.05, 0.1) is 29.4 Å². The van der Waals surface area contributed by atoms with Gasteiger partial charge in [-0.25, -0.2) is 9.88 Å². The number of fused-ring (bicyclic) bond motifs is 1. The van der Waals surface area contributed by atoms with Gasteiger partial charge in [-0.05, 0) is 84.8 Å². The predicted molar refractivity (Wildman–Crippen MR) is 158 cm³/mol. The fourth-order valence-corrected chi connectivity index (χ4v) is 6.02. The molecule has 0 N–H and O–H groups in total. The van der Waals surface area contributed by atoms with Crippen LogP contribution in [0, 0.1) is 6.92 Å². The lowest BCUT2D eigenvalue weighted by Crippen LogP contribution is -2.45. The van der Waals surface area contributed by atoms with Crippen LogP contribution in [0.4, 0.5) is 5.69 Å². The van der Waals surface area contributed by atoms with E-state index in [1.54, 1.807) is 73.3 Å². The number of aromatic nitrogens is 2. The fourth-order valence-electron chi connectivity index (χ4n) is 4.95. The number of hydrogen-bond acceptors (Lipinski definition) is 7. The number of thiazole rings is 1. The lowest BCUT2D eigenvalue weighted by Gasteiger charge is -2.28. The Morgan fingerprint density at radius 2 is 1.83 bits per heavy atom. The number of imide groups is 1. The monoisotopic (exact) mass is 562 g/mol. The minimum Gasteiger partial charge on any atom is -0.497 e. The molecule has 3 amide bonds. The number of hydrogen-bond donors (Lipinski definition) is 0. The number of ether oxygens (including phenoxy) is 1. The summed E-state index contributed by atoms with van der Waals surface area (Å²) in [6, 6.07) is 22.7. The van der Waals surface area contributed by atoms with E-state index >= 15 is 0 Å². The van der Waals surface area contributed by atoms with Crippen LogP contribution in [0.2, 0.25) is 0 Å². The standard InChI is InChI=1S/C32H26N4O4S/c1-20-5-14-26-28(16-20)41-30(34-26)22-6-10-24(11-7-22)36-29(37)17-27(32(36)39)35(19-21-4-3-15-33-18-21)31(38)23-8-12-25(40-2)13-9-23/h3-16,18,27H,17,19H2,1-2H3. The Morgan fingerprint density at radius 1 is 1.05 bits per heavy atom. The Hall–Kier alpha value is -4.89. The molecule has 0 bridgehead atoms. The molecular formula is C32H26N4O4S. The van der Waals surface area contributed by atoms with Crippen molar-refractivity contribution in [3.05, 3.63) is 108 Å². The molecule has 9 heteroatoms. The molecule has 1 aliphatic heterocycles. The molecule has 8 nitrogen and oxygen atoms in total. The Kier molecular flexibility index (Phi) is 7.03. The van der Waals surface area contributed by atoms with Crippen molar-refractivity contribution in [2.24, 2.45) is 0 Å². The van der Waals surface area contributed by atoms with Crippen molar-refractivity contribution in [1.29, 1.82) is 0 Å². The van der Waals surface area contributed by atoms with Crippen LogP contribution in [0.5, 0.6) is 5.75 Å². The number of aryl methyl sites for hydroxylation is 1. The molecule has 1 saturated heterocycles. The summed E-state index contributed by atoms with van der Waals surface area (Å²) in [7, 11) is 1.55. The first-order valence-corrected chi connectivity index (χ1v) is 13.9. The van der Waals surface area contributed by atoms with Crippen LogP contribution < -0.4 is 9.64 Å². The molecule has 0 saturated carbocycles. The zero-order valence-corrected chi connectivity index (χ0v) is 23.3. The zero-order valence-electron chi connectivity index (χ0n) is 22.5. The van der Waals surface area contributed by atoms with Crippen LogP contribution in [-0.2, 0) is 16.1 Å². The van der Waals surface area contributed by atoms with Gasteiger partial charge in [0, 0.05) is 30.1 Å². The van der Waals surface area contributed by atoms with Crippen LogP contribution in [0.3, 0.4) is 0 Å². The quantitative estimate of drug-likeness (QED) is 0.238. The summed E-state index contributed by atoms with van der Waals surface area (Å²) in [5.41, 5.74) is 4.61. The molecule has 5 aromatic rings. The molecule has 204 valence electrons. The number of nitrogens with zero attached hydrogens (tertiary/aromatic N) is 4. The van der Waals surface area contributed by atoms with E-state index in [0.29, 0.717) is 17.0 Å². The number of pyridine rings is 1. The maximum atomic E-state index is 13.8. The Labute approximate surface area is 240 Å². The Bertz CT molecular complexity index is 1750. The number of carbonyl (C=O) groups excluding carboxylic acids is 3. The first-order chi connectivity index (χ1) is 19.9. The molecule has 1 unspecified atom stereocenters. The Morgan fingerprint density at radius 3 is 2.54 bits per heavy atom. The van der Waals surface area contributed by atoms with Gasteiger partial charge in [0.15, 0.2) is 0 Å². The van der Waals surface area contributed by atoms with Gasteiger partial charge >= 0.3 is 0 Å². The van der Waals surface area contributed by atoms with E-state index in [-0.39, 0.29) is 24.8 Å². The summed E-state index contributed by atoms with van der Waals surface area (Å²) >= 11 is 1.60. The lowest BCUT2D eigenvalue weighted by atomic mass is 10.1. The van der Waals surface area contributed by atoms with Crippen molar-refractivity contribution in [1.82, 2.24) is 14.9 Å². The zero-order chi connectivity index (χ0) is 28.5. The fraction of sp³-hybridized carbons (Fsp3) is 0.156. The van der Waals surface area contributed by atoms with Crippen LogP contribution in [-0.4, -0.2) is 45.7 Å². The topological polar surface area (TPSA) is 92.7 Å². The van der Waals surface area contributed by atoms with Crippen molar-refractivity contribution >= 4 is 45.0 Å². The van der Waals surface area contributed by atoms with Crippen molar-refractivity contribution in [2.75, 3.05) is 12.0 Å². The number of rotatable bonds is 7. The smallest absolute Gasteiger partial charge is 0.257 e. The van der Waals surface area contributed by atoms with Crippen LogP contribution in [0.15, 0.2) is 91.3 Å². The summed E-state index contributed by atoms with van der Waals surface area (Å²) in [5, 5.41) is 0.863. The highest BCUT2D eigenvalue weighted by molar-refractivity contribution is 7.21. The molecule has 0 aliphatic carbocycles. The molecule has 3 heterocycles. The van der Waals surface area contributed by atoms with Crippen LogP contribution >= 0.6 is 11.3 Å². The summed E-state index contributed by atoms with van der Waals surface area (Å²) in [5.74, 6) is -0.542. The highest BCUT2D eigenvalue weighted by Crippen LogP contribution is 2.33. The van der Waals surface area contributed by atoms with E-state index in [9.17, 15) is 14.4 Å². The van der Waals surface area contributed by atoms with E-state index in [1.165, 1.54) is 15.4 Å². The van der Waals surface area contributed by atoms with Gasteiger partial charge in [0.25, 0.3) is 11.8 Å². The third-order valence-corrected chi connectivity index (χ3v) is 8.16. The first kappa shape index (κ1) is 26.3. The molecule has 6 rings (SSSR count). The minimum absolute atomic E-state index is 0.111. The first-order valence-electron chi connectivity index (χ1n) is 13.1. The summed E-state index contributed by atoms with van der Waals surface area (Å²) in [4.78, 5) is 52.2. The molecule has 3 aromatic carbocycles. The molecule has 1 atom stereocenters. The SMILES string of the molecule is COc1ccc(C(=O)N(Cc2cccnc2)C2CC(=O)N(c3ccc(-c4nc5ccc(C)cc5s4)cc3)C2=O)cc1. The van der Waals surface area contributed by atoms with E-state index in [2.05, 4.69) is 11.1 Å². The molecule has 1 aliphatic rings. The third-order valence-electron chi connectivity index (χ3n) is 7.09. The average molecular weight is 563 g/mol. The van der Waals surface area contributed by atoms with Crippen LogP contribution in [0.25, 0.3) is 20.8 Å². The van der Waals surface area contributed by atoms with Gasteiger partial charge in [0.2, 0.25) is 5.91 Å². The molecule has 41 heavy (non-hydrogen) atoms. The Balaban J connectivity index is 1.28. The molecular weight excluding hydrogens is 536 g/mol. The number of methoxy groups -OCH3 is 1. The van der Waals surface area contributed by atoms with Gasteiger partial charge < -0.3 is 9.64 Å². The van der Waals surface area contributed by atoms with E-state index in [1.807, 2.05) is 37.3 Å². The largest absolute Gasteiger partial charge is 0.497 e. The van der Waals surface area contributed by atoms with E-state index < -0.39 is 11.9 Å². The van der Waals surface area contributed by atoms with E-state index in [0.717, 1.165) is 26.4 Å². The van der Waals surface area contributed by atoms with Gasteiger partial charge in [-0.15, -0.1) is 11.3 Å². The van der Waals surface area contributed by atoms with Crippen molar-refractivity contribution < 1.29 is 19.1 Å². The van der Waals surface area contributed by atoms with Gasteiger partial charge in [-0.2, -0.15) is 0 Å². The van der Waals surface area contributed by atoms with Crippen molar-refractivity contribution in [3.63, 3.8) is 0 Å². The van der Waals surface area contributed by atoms with E-state index in [4.69, 9.17) is 9.72 Å². The number of benzene rings is 3. The highest BCUT2D eigenvalue weighted by Gasteiger charge is 2.44. The van der Waals surface area contributed by atoms with Gasteiger partial charge in [-0.3, -0.25) is 19.4 Å². The number of amides is 3. The maximum Gasteiger partial charge on any atom is 0.257 e. The minimum atomic E-state index is -0.954. The summed E-state index contributed by atoms with van der Waals surface area (Å²) in [6.07, 6.45) is 3.18. The second-order valence-corrected chi connectivity index (χ2v) is 10.9. The predicted octanol–water partition coefficient (Wildman–Crippen LogP) is 5.65. The van der Waals surface area contributed by atoms with Crippen LogP contribution in [0.1, 0.15) is 27.9 Å². The highest BCUT2D eigenvalue weighted by atomic mass is 32.1. The second kappa shape index (κ2) is 10.9. The lowest BCUT2D eigenvalue weighted by molar-refractivity contribution is -0.122. The number of carbonyl (C=O) groups is 3. The molecule has 1 fully saturated rings. The average Bonchev–Trinajstić information content (AvgIpc) is 3.55. The van der Waals surface area contributed by atoms with Crippen molar-refractivity contribution in [2.45, 2.75) is 25.9 Å². The number of anilines is 1. The van der Waals surface area contributed by atoms with Crippen molar-refractivity contribution in [3.8, 4) is 16.3 Å². The summed E-state index contributed by atoms with van der Waals surface area (Å²) in [6.45, 7) is 2.18. The second-order valence-electron chi connectivity index (χ2n) is 9.85. The molecule has 0 radical (unpaired) electrons. The normalized spacial score (nSPS) is 15.0. The third kappa shape index (κ3) is 5.19.